The summed E-state index contributed by atoms with van der Waals surface area (Å²) in [4.78, 5) is 0. The fraction of sp³-hybridized carbons (Fsp3) is 0.500. The predicted octanol–water partition coefficient (Wildman–Crippen LogP) is 6.94. The Morgan fingerprint density at radius 2 is 1.40 bits per heavy atom. The van der Waals surface area contributed by atoms with Crippen LogP contribution in [0.4, 0.5) is 0 Å². The molecule has 0 heterocycles. The molecule has 1 atom stereocenters. The van der Waals surface area contributed by atoms with Gasteiger partial charge in [-0.3, -0.25) is 0 Å². The van der Waals surface area contributed by atoms with E-state index in [1.807, 2.05) is 0 Å². The lowest BCUT2D eigenvalue weighted by Gasteiger charge is -2.13. The van der Waals surface area contributed by atoms with E-state index in [1.165, 1.54) is 48.8 Å². The second kappa shape index (κ2) is 11.0. The van der Waals surface area contributed by atoms with Gasteiger partial charge in [0.1, 0.15) is 5.75 Å². The van der Waals surface area contributed by atoms with Gasteiger partial charge < -0.3 is 4.74 Å². The molecule has 0 fully saturated rings. The van der Waals surface area contributed by atoms with Crippen LogP contribution in [-0.4, -0.2) is 6.61 Å². The highest BCUT2D eigenvalue weighted by Gasteiger charge is 2.07. The van der Waals surface area contributed by atoms with E-state index in [0.717, 1.165) is 25.2 Å². The normalized spacial score (nSPS) is 12.1. The Balaban J connectivity index is 1.84. The predicted molar refractivity (Wildman–Crippen MR) is 109 cm³/mol. The molecular formula is C24H34O. The Hall–Kier alpha value is -1.76. The smallest absolute Gasteiger partial charge is 0.119 e. The first-order valence-corrected chi connectivity index (χ1v) is 10.0. The summed E-state index contributed by atoms with van der Waals surface area (Å²) in [6.45, 7) is 7.61. The number of benzene rings is 2. The van der Waals surface area contributed by atoms with Gasteiger partial charge in [-0.1, -0.05) is 76.4 Å². The third-order valence-electron chi connectivity index (χ3n) is 4.85. The van der Waals surface area contributed by atoms with Crippen LogP contribution in [0.1, 0.15) is 75.5 Å². The summed E-state index contributed by atoms with van der Waals surface area (Å²) in [6, 6.07) is 17.9. The highest BCUT2D eigenvalue weighted by Crippen LogP contribution is 2.23. The molecular weight excluding hydrogens is 304 g/mol. The van der Waals surface area contributed by atoms with E-state index in [1.54, 1.807) is 0 Å². The van der Waals surface area contributed by atoms with Gasteiger partial charge in [0.15, 0.2) is 0 Å². The number of unbranched alkanes of at least 4 members (excludes halogenated alkanes) is 3. The van der Waals surface area contributed by atoms with Crippen molar-refractivity contribution < 1.29 is 4.74 Å². The van der Waals surface area contributed by atoms with Crippen LogP contribution >= 0.6 is 0 Å². The molecule has 0 saturated carbocycles. The summed E-state index contributed by atoms with van der Waals surface area (Å²) in [5.74, 6) is 1.53. The highest BCUT2D eigenvalue weighted by atomic mass is 16.5. The van der Waals surface area contributed by atoms with Gasteiger partial charge in [-0.25, -0.2) is 0 Å². The number of aryl methyl sites for hydroxylation is 1. The van der Waals surface area contributed by atoms with Gasteiger partial charge in [-0.2, -0.15) is 0 Å². The van der Waals surface area contributed by atoms with Gasteiger partial charge in [0.2, 0.25) is 0 Å². The lowest BCUT2D eigenvalue weighted by Crippen LogP contribution is -2.00. The Kier molecular flexibility index (Phi) is 8.59. The van der Waals surface area contributed by atoms with Crippen LogP contribution < -0.4 is 4.74 Å². The number of ether oxygens (including phenoxy) is 1. The summed E-state index contributed by atoms with van der Waals surface area (Å²) < 4.78 is 5.80. The second-order valence-corrected chi connectivity index (χ2v) is 7.15. The van der Waals surface area contributed by atoms with Crippen molar-refractivity contribution in [2.24, 2.45) is 0 Å². The molecule has 1 nitrogen and oxygen atoms in total. The topological polar surface area (TPSA) is 9.23 Å². The fourth-order valence-corrected chi connectivity index (χ4v) is 3.13. The molecule has 0 saturated heterocycles. The maximum absolute atomic E-state index is 5.80. The zero-order valence-corrected chi connectivity index (χ0v) is 16.3. The van der Waals surface area contributed by atoms with E-state index in [4.69, 9.17) is 4.74 Å². The SMILES string of the molecule is CCCCCOc1ccc(C[C@@H](C)c2ccc(CCCC)cc2)cc1. The molecule has 0 amide bonds. The van der Waals surface area contributed by atoms with E-state index >= 15 is 0 Å². The van der Waals surface area contributed by atoms with Crippen LogP contribution in [0.5, 0.6) is 5.75 Å². The maximum Gasteiger partial charge on any atom is 0.119 e. The molecule has 0 spiro atoms. The van der Waals surface area contributed by atoms with Crippen molar-refractivity contribution in [3.05, 3.63) is 65.2 Å². The lowest BCUT2D eigenvalue weighted by molar-refractivity contribution is 0.306. The van der Waals surface area contributed by atoms with E-state index in [2.05, 4.69) is 69.3 Å². The van der Waals surface area contributed by atoms with Crippen molar-refractivity contribution in [2.45, 2.75) is 71.6 Å². The van der Waals surface area contributed by atoms with Gasteiger partial charge in [0.05, 0.1) is 6.61 Å². The second-order valence-electron chi connectivity index (χ2n) is 7.15. The molecule has 0 bridgehead atoms. The van der Waals surface area contributed by atoms with Crippen LogP contribution in [0.25, 0.3) is 0 Å². The number of hydrogen-bond acceptors (Lipinski definition) is 1. The lowest BCUT2D eigenvalue weighted by atomic mass is 9.92. The molecule has 0 aliphatic heterocycles. The zero-order chi connectivity index (χ0) is 17.9. The van der Waals surface area contributed by atoms with Gasteiger partial charge in [-0.15, -0.1) is 0 Å². The van der Waals surface area contributed by atoms with Crippen molar-refractivity contribution in [2.75, 3.05) is 6.61 Å². The van der Waals surface area contributed by atoms with Crippen LogP contribution in [0, 0.1) is 0 Å². The summed E-state index contributed by atoms with van der Waals surface area (Å²) >= 11 is 0. The monoisotopic (exact) mass is 338 g/mol. The van der Waals surface area contributed by atoms with E-state index in [9.17, 15) is 0 Å². The van der Waals surface area contributed by atoms with Crippen molar-refractivity contribution >= 4 is 0 Å². The quantitative estimate of drug-likeness (QED) is 0.403. The van der Waals surface area contributed by atoms with Crippen LogP contribution in [0.3, 0.4) is 0 Å². The first-order chi connectivity index (χ1) is 12.2. The maximum atomic E-state index is 5.80. The van der Waals surface area contributed by atoms with Crippen molar-refractivity contribution in [3.63, 3.8) is 0 Å². The molecule has 0 aromatic heterocycles. The van der Waals surface area contributed by atoms with E-state index in [-0.39, 0.29) is 0 Å². The zero-order valence-electron chi connectivity index (χ0n) is 16.3. The molecule has 25 heavy (non-hydrogen) atoms. The van der Waals surface area contributed by atoms with Gasteiger partial charge in [0.25, 0.3) is 0 Å². The molecule has 2 aromatic rings. The largest absolute Gasteiger partial charge is 0.494 e. The minimum atomic E-state index is 0.538. The molecule has 0 radical (unpaired) electrons. The molecule has 0 unspecified atom stereocenters. The third kappa shape index (κ3) is 6.94. The molecule has 2 rings (SSSR count). The summed E-state index contributed by atoms with van der Waals surface area (Å²) in [7, 11) is 0. The Bertz CT molecular complexity index is 582. The van der Waals surface area contributed by atoms with Crippen LogP contribution in [-0.2, 0) is 12.8 Å². The van der Waals surface area contributed by atoms with Crippen molar-refractivity contribution in [1.82, 2.24) is 0 Å². The third-order valence-corrected chi connectivity index (χ3v) is 4.85. The molecule has 2 aromatic carbocycles. The standard InChI is InChI=1S/C24H34O/c1-4-6-8-18-25-24-16-12-22(13-17-24)19-20(3)23-14-10-21(11-15-23)9-7-5-2/h10-17,20H,4-9,18-19H2,1-3H3/t20-/m1/s1. The Morgan fingerprint density at radius 1 is 0.760 bits per heavy atom. The highest BCUT2D eigenvalue weighted by molar-refractivity contribution is 5.30. The summed E-state index contributed by atoms with van der Waals surface area (Å²) in [6.07, 6.45) is 8.43. The Labute approximate surface area is 154 Å². The minimum Gasteiger partial charge on any atom is -0.494 e. The molecule has 0 N–H and O–H groups in total. The summed E-state index contributed by atoms with van der Waals surface area (Å²) in [5, 5.41) is 0. The van der Waals surface area contributed by atoms with Crippen molar-refractivity contribution in [3.8, 4) is 5.75 Å². The van der Waals surface area contributed by atoms with Gasteiger partial charge >= 0.3 is 0 Å². The number of hydrogen-bond donors (Lipinski definition) is 0. The first-order valence-electron chi connectivity index (χ1n) is 10.0. The molecule has 1 heteroatoms. The molecule has 0 aliphatic rings. The average Bonchev–Trinajstić information content (AvgIpc) is 2.65. The molecule has 136 valence electrons. The van der Waals surface area contributed by atoms with Crippen LogP contribution in [0.15, 0.2) is 48.5 Å². The Morgan fingerprint density at radius 3 is 2.04 bits per heavy atom. The minimum absolute atomic E-state index is 0.538. The van der Waals surface area contributed by atoms with Crippen LogP contribution in [0.2, 0.25) is 0 Å². The number of rotatable bonds is 11. The average molecular weight is 339 g/mol. The van der Waals surface area contributed by atoms with Crippen molar-refractivity contribution in [1.29, 1.82) is 0 Å². The summed E-state index contributed by atoms with van der Waals surface area (Å²) in [5.41, 5.74) is 4.27. The van der Waals surface area contributed by atoms with E-state index < -0.39 is 0 Å². The molecule has 0 aliphatic carbocycles. The van der Waals surface area contributed by atoms with E-state index in [0.29, 0.717) is 5.92 Å². The van der Waals surface area contributed by atoms with Gasteiger partial charge in [-0.05, 0) is 60.4 Å². The first kappa shape index (κ1) is 19.6. The fourth-order valence-electron chi connectivity index (χ4n) is 3.13. The van der Waals surface area contributed by atoms with Gasteiger partial charge in [0, 0.05) is 0 Å².